The van der Waals surface area contributed by atoms with Gasteiger partial charge >= 0.3 is 6.09 Å². The third-order valence-electron chi connectivity index (χ3n) is 2.16. The molecule has 1 heterocycles. The maximum atomic E-state index is 11.9. The Hall–Kier alpha value is -1.52. The first kappa shape index (κ1) is 13.5. The Bertz CT molecular complexity index is 342. The zero-order chi connectivity index (χ0) is 13.1. The van der Waals surface area contributed by atoms with Crippen molar-refractivity contribution in [2.45, 2.75) is 39.3 Å². The van der Waals surface area contributed by atoms with Crippen LogP contribution in [0.3, 0.4) is 0 Å². The molecule has 1 rings (SSSR count). The number of amides is 1. The highest BCUT2D eigenvalue weighted by Gasteiger charge is 2.26. The van der Waals surface area contributed by atoms with E-state index in [-0.39, 0.29) is 12.1 Å². The zero-order valence-electron chi connectivity index (χ0n) is 10.9. The number of nitrogens with zero attached hydrogens (tertiary/aromatic N) is 2. The highest BCUT2D eigenvalue weighted by atomic mass is 16.6. The molecule has 0 bridgehead atoms. The Morgan fingerprint density at radius 2 is 2.24 bits per heavy atom. The Kier molecular flexibility index (Phi) is 4.15. The van der Waals surface area contributed by atoms with Crippen LogP contribution in [0.1, 0.15) is 27.7 Å². The quantitative estimate of drug-likeness (QED) is 0.754. The first-order chi connectivity index (χ1) is 7.81. The molecule has 1 atom stereocenters. The maximum Gasteiger partial charge on any atom is 0.410 e. The van der Waals surface area contributed by atoms with Gasteiger partial charge in [0.2, 0.25) is 0 Å². The number of carbonyl (C=O) groups is 1. The average Bonchev–Trinajstić information content (AvgIpc) is 2.14. The van der Waals surface area contributed by atoms with Crippen molar-refractivity contribution in [1.82, 2.24) is 4.90 Å². The molecule has 5 heteroatoms. The second kappa shape index (κ2) is 5.21. The van der Waals surface area contributed by atoms with Crippen molar-refractivity contribution in [3.63, 3.8) is 0 Å². The second-order valence-corrected chi connectivity index (χ2v) is 5.19. The molecule has 1 aliphatic rings. The minimum atomic E-state index is -0.473. The summed E-state index contributed by atoms with van der Waals surface area (Å²) in [6.07, 6.45) is 2.85. The first-order valence-electron chi connectivity index (χ1n) is 5.74. The average molecular weight is 239 g/mol. The Morgan fingerprint density at radius 1 is 1.59 bits per heavy atom. The van der Waals surface area contributed by atoms with Crippen LogP contribution in [0.2, 0.25) is 0 Å². The Labute approximate surface area is 102 Å². The lowest BCUT2D eigenvalue weighted by Crippen LogP contribution is -2.45. The number of carbonyl (C=O) groups excluding carboxylic acids is 1. The summed E-state index contributed by atoms with van der Waals surface area (Å²) in [5, 5.41) is 0. The number of hydrogen-bond acceptors (Lipinski definition) is 4. The number of aliphatic imine (C=N–C) groups is 1. The first-order valence-corrected chi connectivity index (χ1v) is 5.74. The summed E-state index contributed by atoms with van der Waals surface area (Å²) in [4.78, 5) is 18.0. The van der Waals surface area contributed by atoms with Gasteiger partial charge in [-0.3, -0.25) is 4.99 Å². The van der Waals surface area contributed by atoms with Crippen molar-refractivity contribution in [2.75, 3.05) is 13.1 Å². The van der Waals surface area contributed by atoms with Gasteiger partial charge in [-0.05, 0) is 40.0 Å². The summed E-state index contributed by atoms with van der Waals surface area (Å²) in [7, 11) is 0. The molecule has 2 N–H and O–H groups in total. The van der Waals surface area contributed by atoms with Gasteiger partial charge in [-0.2, -0.15) is 0 Å². The lowest BCUT2D eigenvalue weighted by molar-refractivity contribution is 0.0263. The third-order valence-corrected chi connectivity index (χ3v) is 2.16. The van der Waals surface area contributed by atoms with Gasteiger partial charge in [0.25, 0.3) is 0 Å². The molecular formula is C12H21N3O2. The van der Waals surface area contributed by atoms with Gasteiger partial charge in [-0.1, -0.05) is 0 Å². The van der Waals surface area contributed by atoms with Gasteiger partial charge in [-0.25, -0.2) is 4.79 Å². The predicted molar refractivity (Wildman–Crippen MR) is 68.0 cm³/mol. The van der Waals surface area contributed by atoms with Crippen LogP contribution in [0, 0.1) is 0 Å². The lowest BCUT2D eigenvalue weighted by Gasteiger charge is -2.31. The number of hydrogen-bond donors (Lipinski definition) is 1. The molecule has 0 fully saturated rings. The van der Waals surface area contributed by atoms with Crippen molar-refractivity contribution in [3.8, 4) is 0 Å². The van der Waals surface area contributed by atoms with Crippen LogP contribution in [0.5, 0.6) is 0 Å². The van der Waals surface area contributed by atoms with Crippen molar-refractivity contribution in [1.29, 1.82) is 0 Å². The molecule has 0 spiro atoms. The van der Waals surface area contributed by atoms with Crippen molar-refractivity contribution in [2.24, 2.45) is 10.7 Å². The maximum absolute atomic E-state index is 11.9. The van der Waals surface area contributed by atoms with E-state index in [1.807, 2.05) is 27.7 Å². The monoisotopic (exact) mass is 239 g/mol. The molecule has 0 saturated carbocycles. The van der Waals surface area contributed by atoms with Crippen molar-refractivity contribution < 1.29 is 9.53 Å². The van der Waals surface area contributed by atoms with Gasteiger partial charge in [0.1, 0.15) is 5.60 Å². The van der Waals surface area contributed by atoms with E-state index in [0.29, 0.717) is 13.1 Å². The van der Waals surface area contributed by atoms with E-state index < -0.39 is 5.60 Å². The number of ether oxygens (including phenoxy) is 1. The summed E-state index contributed by atoms with van der Waals surface area (Å²) < 4.78 is 5.33. The highest BCUT2D eigenvalue weighted by molar-refractivity contribution is 5.98. The Balaban J connectivity index is 2.68. The highest BCUT2D eigenvalue weighted by Crippen LogP contribution is 2.13. The normalized spacial score (nSPS) is 21.5. The molecular weight excluding hydrogens is 218 g/mol. The van der Waals surface area contributed by atoms with E-state index in [9.17, 15) is 4.79 Å². The number of nitrogens with two attached hydrogens (primary N) is 1. The minimum absolute atomic E-state index is 0.0717. The molecule has 0 aliphatic carbocycles. The van der Waals surface area contributed by atoms with Crippen LogP contribution >= 0.6 is 0 Å². The van der Waals surface area contributed by atoms with Crippen LogP contribution in [-0.2, 0) is 4.74 Å². The standard InChI is InChI=1S/C12H21N3O2/c1-9-7-15(8-10(14-9)5-6-13)11(16)17-12(2,3)4/h5-6,9H,7-8,13H2,1-4H3/b6-5-. The predicted octanol–water partition coefficient (Wildman–Crippen LogP) is 1.54. The van der Waals surface area contributed by atoms with Gasteiger partial charge in [-0.15, -0.1) is 0 Å². The van der Waals surface area contributed by atoms with Crippen molar-refractivity contribution >= 4 is 11.8 Å². The minimum Gasteiger partial charge on any atom is -0.444 e. The van der Waals surface area contributed by atoms with E-state index >= 15 is 0 Å². The molecule has 0 aromatic heterocycles. The molecule has 5 nitrogen and oxygen atoms in total. The van der Waals surface area contributed by atoms with Gasteiger partial charge < -0.3 is 15.4 Å². The van der Waals surface area contributed by atoms with Crippen LogP contribution in [0.4, 0.5) is 4.79 Å². The van der Waals surface area contributed by atoms with Crippen LogP contribution in [0.15, 0.2) is 17.3 Å². The fraction of sp³-hybridized carbons (Fsp3) is 0.667. The summed E-state index contributed by atoms with van der Waals surface area (Å²) in [5.74, 6) is 0. The second-order valence-electron chi connectivity index (χ2n) is 5.19. The van der Waals surface area contributed by atoms with E-state index in [4.69, 9.17) is 10.5 Å². The topological polar surface area (TPSA) is 67.9 Å². The molecule has 1 amide bonds. The number of rotatable bonds is 1. The summed E-state index contributed by atoms with van der Waals surface area (Å²) in [5.41, 5.74) is 5.66. The van der Waals surface area contributed by atoms with Gasteiger partial charge in [0, 0.05) is 6.54 Å². The molecule has 1 aliphatic heterocycles. The van der Waals surface area contributed by atoms with E-state index in [1.165, 1.54) is 6.20 Å². The molecule has 0 aromatic carbocycles. The third kappa shape index (κ3) is 4.46. The SMILES string of the molecule is CC1CN(C(=O)OC(C)(C)C)CC(/C=C\N)=N1. The zero-order valence-corrected chi connectivity index (χ0v) is 10.9. The summed E-state index contributed by atoms with van der Waals surface area (Å²) in [6, 6.07) is 0.0717. The molecule has 0 aromatic rings. The summed E-state index contributed by atoms with van der Waals surface area (Å²) >= 11 is 0. The lowest BCUT2D eigenvalue weighted by atomic mass is 10.2. The fourth-order valence-electron chi connectivity index (χ4n) is 1.62. The van der Waals surface area contributed by atoms with Crippen LogP contribution in [0.25, 0.3) is 0 Å². The Morgan fingerprint density at radius 3 is 2.76 bits per heavy atom. The molecule has 17 heavy (non-hydrogen) atoms. The smallest absolute Gasteiger partial charge is 0.410 e. The van der Waals surface area contributed by atoms with Crippen molar-refractivity contribution in [3.05, 3.63) is 12.3 Å². The fourth-order valence-corrected chi connectivity index (χ4v) is 1.62. The summed E-state index contributed by atoms with van der Waals surface area (Å²) in [6.45, 7) is 8.55. The van der Waals surface area contributed by atoms with E-state index in [0.717, 1.165) is 5.71 Å². The van der Waals surface area contributed by atoms with Crippen LogP contribution in [-0.4, -0.2) is 41.4 Å². The van der Waals surface area contributed by atoms with E-state index in [1.54, 1.807) is 11.0 Å². The van der Waals surface area contributed by atoms with Crippen LogP contribution < -0.4 is 5.73 Å². The molecule has 96 valence electrons. The van der Waals surface area contributed by atoms with Gasteiger partial charge in [0.15, 0.2) is 0 Å². The van der Waals surface area contributed by atoms with Gasteiger partial charge in [0.05, 0.1) is 18.3 Å². The largest absolute Gasteiger partial charge is 0.444 e. The molecule has 1 unspecified atom stereocenters. The molecule has 0 saturated heterocycles. The van der Waals surface area contributed by atoms with E-state index in [2.05, 4.69) is 4.99 Å². The molecule has 0 radical (unpaired) electrons.